The molecule has 2 fully saturated rings. The second kappa shape index (κ2) is 5.00. The van der Waals surface area contributed by atoms with Gasteiger partial charge in [0, 0.05) is 34.0 Å². The Morgan fingerprint density at radius 3 is 2.65 bits per heavy atom. The molecule has 0 aromatic carbocycles. The Kier molecular flexibility index (Phi) is 3.57. The third-order valence-corrected chi connectivity index (χ3v) is 6.09. The molecule has 2 saturated heterocycles. The fourth-order valence-electron chi connectivity index (χ4n) is 3.38. The van der Waals surface area contributed by atoms with Crippen LogP contribution >= 0.6 is 27.3 Å². The second-order valence-electron chi connectivity index (χ2n) is 5.33. The number of hydrogen-bond acceptors (Lipinski definition) is 3. The van der Waals surface area contributed by atoms with E-state index < -0.39 is 0 Å². The molecule has 0 aliphatic carbocycles. The van der Waals surface area contributed by atoms with Gasteiger partial charge in [0.25, 0.3) is 0 Å². The lowest BCUT2D eigenvalue weighted by Gasteiger charge is -2.48. The molecule has 1 aromatic heterocycles. The maximum atomic E-state index is 6.16. The Morgan fingerprint density at radius 1 is 1.35 bits per heavy atom. The van der Waals surface area contributed by atoms with Gasteiger partial charge in [-0.25, -0.2) is 0 Å². The van der Waals surface area contributed by atoms with E-state index in [1.54, 1.807) is 0 Å². The molecule has 3 rings (SSSR count). The average Bonchev–Trinajstić information content (AvgIpc) is 2.66. The molecule has 2 aliphatic rings. The van der Waals surface area contributed by atoms with E-state index >= 15 is 0 Å². The minimum absolute atomic E-state index is 0.438. The summed E-state index contributed by atoms with van der Waals surface area (Å²) in [5, 5.41) is 2.17. The van der Waals surface area contributed by atoms with Crippen molar-refractivity contribution in [1.82, 2.24) is 4.90 Å². The van der Waals surface area contributed by atoms with Crippen LogP contribution in [0.3, 0.4) is 0 Å². The first kappa shape index (κ1) is 12.2. The molecular weight excluding hydrogens is 296 g/mol. The quantitative estimate of drug-likeness (QED) is 0.907. The molecule has 17 heavy (non-hydrogen) atoms. The first-order valence-corrected chi connectivity index (χ1v) is 8.14. The van der Waals surface area contributed by atoms with Crippen molar-refractivity contribution in [2.24, 2.45) is 5.73 Å². The van der Waals surface area contributed by atoms with E-state index in [-0.39, 0.29) is 0 Å². The minimum atomic E-state index is 0.438. The second-order valence-corrected chi connectivity index (χ2v) is 7.19. The lowest BCUT2D eigenvalue weighted by atomic mass is 9.82. The van der Waals surface area contributed by atoms with Gasteiger partial charge in [0.1, 0.15) is 0 Å². The highest BCUT2D eigenvalue weighted by Gasteiger charge is 2.37. The molecule has 4 heteroatoms. The van der Waals surface area contributed by atoms with Crippen LogP contribution in [-0.4, -0.2) is 23.0 Å². The number of halogens is 1. The van der Waals surface area contributed by atoms with Crippen molar-refractivity contribution in [1.29, 1.82) is 0 Å². The molecule has 2 N–H and O–H groups in total. The van der Waals surface area contributed by atoms with Gasteiger partial charge in [-0.05, 0) is 53.1 Å². The summed E-state index contributed by atoms with van der Waals surface area (Å²) >= 11 is 5.51. The van der Waals surface area contributed by atoms with E-state index in [0.29, 0.717) is 6.04 Å². The van der Waals surface area contributed by atoms with Crippen molar-refractivity contribution >= 4 is 27.3 Å². The molecule has 0 radical (unpaired) electrons. The van der Waals surface area contributed by atoms with Crippen LogP contribution in [0.5, 0.6) is 0 Å². The topological polar surface area (TPSA) is 29.3 Å². The van der Waals surface area contributed by atoms with Gasteiger partial charge >= 0.3 is 0 Å². The summed E-state index contributed by atoms with van der Waals surface area (Å²) in [6.07, 6.45) is 6.46. The number of fused-ring (bicyclic) bond motifs is 2. The van der Waals surface area contributed by atoms with E-state index in [9.17, 15) is 0 Å². The van der Waals surface area contributed by atoms with Crippen LogP contribution in [0.2, 0.25) is 0 Å². The summed E-state index contributed by atoms with van der Waals surface area (Å²) in [5.74, 6) is 0. The molecule has 2 unspecified atom stereocenters. The highest BCUT2D eigenvalue weighted by atomic mass is 79.9. The molecule has 1 aromatic rings. The Labute approximate surface area is 115 Å². The fourth-order valence-corrected chi connectivity index (χ4v) is 4.87. The minimum Gasteiger partial charge on any atom is -0.328 e. The largest absolute Gasteiger partial charge is 0.328 e. The van der Waals surface area contributed by atoms with Crippen molar-refractivity contribution in [2.75, 3.05) is 0 Å². The van der Waals surface area contributed by atoms with Crippen LogP contribution in [-0.2, 0) is 6.54 Å². The van der Waals surface area contributed by atoms with Crippen molar-refractivity contribution in [3.63, 3.8) is 0 Å². The third-order valence-electron chi connectivity index (χ3n) is 4.18. The van der Waals surface area contributed by atoms with E-state index in [2.05, 4.69) is 32.3 Å². The van der Waals surface area contributed by atoms with Gasteiger partial charge in [0.05, 0.1) is 0 Å². The van der Waals surface area contributed by atoms with Crippen molar-refractivity contribution < 1.29 is 0 Å². The summed E-state index contributed by atoms with van der Waals surface area (Å²) in [6, 6.07) is 4.05. The molecule has 2 aliphatic heterocycles. The first-order chi connectivity index (χ1) is 8.24. The highest BCUT2D eigenvalue weighted by Crippen LogP contribution is 2.36. The third kappa shape index (κ3) is 2.46. The smallest absolute Gasteiger partial charge is 0.0345 e. The molecule has 94 valence electrons. The van der Waals surface area contributed by atoms with Gasteiger partial charge in [-0.15, -0.1) is 11.3 Å². The van der Waals surface area contributed by atoms with E-state index in [1.165, 1.54) is 41.5 Å². The van der Waals surface area contributed by atoms with Crippen LogP contribution in [0.25, 0.3) is 0 Å². The average molecular weight is 315 g/mol. The van der Waals surface area contributed by atoms with Crippen molar-refractivity contribution in [3.8, 4) is 0 Å². The zero-order valence-corrected chi connectivity index (χ0v) is 12.3. The standard InChI is InChI=1S/C13H19BrN2S/c14-12-4-5-17-13(12)8-16-10-2-1-3-11(16)7-9(15)6-10/h4-5,9-11H,1-3,6-8,15H2. The van der Waals surface area contributed by atoms with Crippen LogP contribution in [0, 0.1) is 0 Å². The van der Waals surface area contributed by atoms with Gasteiger partial charge < -0.3 is 5.73 Å². The number of hydrogen-bond donors (Lipinski definition) is 1. The first-order valence-electron chi connectivity index (χ1n) is 6.47. The van der Waals surface area contributed by atoms with Gasteiger partial charge in [-0.2, -0.15) is 0 Å². The van der Waals surface area contributed by atoms with E-state index in [0.717, 1.165) is 18.6 Å². The predicted molar refractivity (Wildman–Crippen MR) is 76.2 cm³/mol. The number of piperidine rings is 2. The van der Waals surface area contributed by atoms with Crippen LogP contribution < -0.4 is 5.73 Å². The molecule has 3 heterocycles. The Bertz CT molecular complexity index is 379. The van der Waals surface area contributed by atoms with E-state index in [1.807, 2.05) is 11.3 Å². The highest BCUT2D eigenvalue weighted by molar-refractivity contribution is 9.10. The predicted octanol–water partition coefficient (Wildman–Crippen LogP) is 3.35. The lowest BCUT2D eigenvalue weighted by Crippen LogP contribution is -2.54. The summed E-state index contributed by atoms with van der Waals surface area (Å²) in [5.41, 5.74) is 6.16. The van der Waals surface area contributed by atoms with Gasteiger partial charge in [-0.1, -0.05) is 6.42 Å². The fraction of sp³-hybridized carbons (Fsp3) is 0.692. The van der Waals surface area contributed by atoms with Gasteiger partial charge in [0.2, 0.25) is 0 Å². The lowest BCUT2D eigenvalue weighted by molar-refractivity contribution is 0.0252. The molecule has 2 atom stereocenters. The SMILES string of the molecule is NC1CC2CCCC(C1)N2Cc1sccc1Br. The molecule has 0 amide bonds. The van der Waals surface area contributed by atoms with Crippen molar-refractivity contribution in [3.05, 3.63) is 20.8 Å². The van der Waals surface area contributed by atoms with E-state index in [4.69, 9.17) is 5.73 Å². The summed E-state index contributed by atoms with van der Waals surface area (Å²) in [7, 11) is 0. The maximum Gasteiger partial charge on any atom is 0.0345 e. The maximum absolute atomic E-state index is 6.16. The monoisotopic (exact) mass is 314 g/mol. The number of nitrogens with two attached hydrogens (primary N) is 1. The normalized spacial score (nSPS) is 33.9. The number of thiophene rings is 1. The Morgan fingerprint density at radius 2 is 2.06 bits per heavy atom. The van der Waals surface area contributed by atoms with Crippen LogP contribution in [0.1, 0.15) is 37.0 Å². The molecular formula is C13H19BrN2S. The van der Waals surface area contributed by atoms with Gasteiger partial charge in [0.15, 0.2) is 0 Å². The summed E-state index contributed by atoms with van der Waals surface area (Å²) in [4.78, 5) is 4.18. The Balaban J connectivity index is 1.76. The Hall–Kier alpha value is 0.100. The molecule has 0 spiro atoms. The zero-order chi connectivity index (χ0) is 11.8. The number of nitrogens with zero attached hydrogens (tertiary/aromatic N) is 1. The van der Waals surface area contributed by atoms with Crippen molar-refractivity contribution in [2.45, 2.75) is 56.8 Å². The van der Waals surface area contributed by atoms with Crippen LogP contribution in [0.15, 0.2) is 15.9 Å². The molecule has 2 nitrogen and oxygen atoms in total. The van der Waals surface area contributed by atoms with Crippen LogP contribution in [0.4, 0.5) is 0 Å². The molecule has 2 bridgehead atoms. The van der Waals surface area contributed by atoms with Gasteiger partial charge in [-0.3, -0.25) is 4.90 Å². The summed E-state index contributed by atoms with van der Waals surface area (Å²) < 4.78 is 1.27. The number of rotatable bonds is 2. The molecule has 0 saturated carbocycles. The summed E-state index contributed by atoms with van der Waals surface area (Å²) in [6.45, 7) is 1.11. The zero-order valence-electron chi connectivity index (χ0n) is 9.94.